The second-order valence-electron chi connectivity index (χ2n) is 3.19. The number of rotatable bonds is 2. The van der Waals surface area contributed by atoms with E-state index in [9.17, 15) is 10.2 Å². The first-order valence-corrected chi connectivity index (χ1v) is 3.36. The van der Waals surface area contributed by atoms with Gasteiger partial charge in [-0.2, -0.15) is 0 Å². The summed E-state index contributed by atoms with van der Waals surface area (Å²) in [6.45, 7) is 0. The third-order valence-electron chi connectivity index (χ3n) is 1.91. The zero-order chi connectivity index (χ0) is 6.54. The molecule has 0 unspecified atom stereocenters. The van der Waals surface area contributed by atoms with Crippen molar-refractivity contribution in [1.29, 1.82) is 0 Å². The highest BCUT2D eigenvalue weighted by molar-refractivity contribution is 5.01. The van der Waals surface area contributed by atoms with Crippen LogP contribution in [0.1, 0.15) is 25.7 Å². The summed E-state index contributed by atoms with van der Waals surface area (Å²) in [6, 6.07) is 0. The van der Waals surface area contributed by atoms with Crippen LogP contribution in [0.25, 0.3) is 0 Å². The lowest BCUT2D eigenvalue weighted by atomic mass is 10.5. The van der Waals surface area contributed by atoms with Crippen LogP contribution in [0.3, 0.4) is 0 Å². The van der Waals surface area contributed by atoms with Crippen molar-refractivity contribution >= 4 is 0 Å². The van der Waals surface area contributed by atoms with Crippen molar-refractivity contribution in [3.63, 3.8) is 0 Å². The molecule has 0 bridgehead atoms. The Balaban J connectivity index is 1.90. The Labute approximate surface area is 53.7 Å². The van der Waals surface area contributed by atoms with Gasteiger partial charge < -0.3 is 10.2 Å². The maximum Gasteiger partial charge on any atom is 0.118 e. The Bertz CT molecular complexity index is 122. The number of nitrogens with one attached hydrogen (secondary N) is 1. The van der Waals surface area contributed by atoms with Gasteiger partial charge in [-0.05, 0) is 25.7 Å². The first-order valence-electron chi connectivity index (χ1n) is 3.36. The molecule has 2 fully saturated rings. The van der Waals surface area contributed by atoms with E-state index in [2.05, 4.69) is 5.32 Å². The Morgan fingerprint density at radius 1 is 0.889 bits per heavy atom. The second-order valence-corrected chi connectivity index (χ2v) is 3.19. The number of hydrogen-bond donors (Lipinski definition) is 3. The summed E-state index contributed by atoms with van der Waals surface area (Å²) in [5.41, 5.74) is -1.41. The summed E-state index contributed by atoms with van der Waals surface area (Å²) in [6.07, 6.45) is 3.15. The molecule has 0 aromatic heterocycles. The van der Waals surface area contributed by atoms with E-state index in [0.29, 0.717) is 0 Å². The lowest BCUT2D eigenvalue weighted by Gasteiger charge is -2.14. The first kappa shape index (κ1) is 5.65. The second kappa shape index (κ2) is 1.31. The van der Waals surface area contributed by atoms with E-state index in [-0.39, 0.29) is 0 Å². The van der Waals surface area contributed by atoms with Gasteiger partial charge in [-0.1, -0.05) is 0 Å². The van der Waals surface area contributed by atoms with Gasteiger partial charge in [0, 0.05) is 0 Å². The lowest BCUT2D eigenvalue weighted by molar-refractivity contribution is 0.0101. The van der Waals surface area contributed by atoms with Gasteiger partial charge in [-0.25, -0.2) is 0 Å². The molecule has 2 saturated carbocycles. The molecule has 52 valence electrons. The minimum atomic E-state index is -0.703. The van der Waals surface area contributed by atoms with Crippen LogP contribution in [0, 0.1) is 0 Å². The normalized spacial score (nSPS) is 34.0. The Morgan fingerprint density at radius 2 is 1.22 bits per heavy atom. The van der Waals surface area contributed by atoms with Gasteiger partial charge in [0.05, 0.1) is 0 Å². The van der Waals surface area contributed by atoms with E-state index in [4.69, 9.17) is 0 Å². The van der Waals surface area contributed by atoms with Gasteiger partial charge in [-0.3, -0.25) is 5.32 Å². The molecule has 2 aliphatic carbocycles. The highest BCUT2D eigenvalue weighted by atomic mass is 16.3. The molecule has 3 nitrogen and oxygen atoms in total. The predicted octanol–water partition coefficient (Wildman–Crippen LogP) is -0.459. The van der Waals surface area contributed by atoms with E-state index in [1.165, 1.54) is 0 Å². The topological polar surface area (TPSA) is 52.5 Å². The van der Waals surface area contributed by atoms with Crippen molar-refractivity contribution in [2.45, 2.75) is 37.1 Å². The molecule has 0 amide bonds. The molecule has 0 saturated heterocycles. The molecule has 0 spiro atoms. The molecule has 0 atom stereocenters. The molecular weight excluding hydrogens is 118 g/mol. The van der Waals surface area contributed by atoms with E-state index < -0.39 is 11.4 Å². The molecule has 0 heterocycles. The lowest BCUT2D eigenvalue weighted by Crippen LogP contribution is -2.41. The smallest absolute Gasteiger partial charge is 0.118 e. The van der Waals surface area contributed by atoms with Gasteiger partial charge in [-0.15, -0.1) is 0 Å². The van der Waals surface area contributed by atoms with Crippen LogP contribution in [0.15, 0.2) is 0 Å². The molecule has 3 N–H and O–H groups in total. The van der Waals surface area contributed by atoms with Crippen LogP contribution in [0.4, 0.5) is 0 Å². The number of aliphatic hydroxyl groups is 2. The van der Waals surface area contributed by atoms with Crippen molar-refractivity contribution in [2.24, 2.45) is 0 Å². The average Bonchev–Trinajstić information content (AvgIpc) is 2.55. The van der Waals surface area contributed by atoms with Crippen LogP contribution >= 0.6 is 0 Å². The van der Waals surface area contributed by atoms with Crippen LogP contribution in [-0.2, 0) is 0 Å². The van der Waals surface area contributed by atoms with E-state index in [1.807, 2.05) is 0 Å². The van der Waals surface area contributed by atoms with Gasteiger partial charge in [0.1, 0.15) is 11.4 Å². The average molecular weight is 129 g/mol. The van der Waals surface area contributed by atoms with Crippen LogP contribution < -0.4 is 5.32 Å². The van der Waals surface area contributed by atoms with E-state index >= 15 is 0 Å². The fraction of sp³-hybridized carbons (Fsp3) is 1.00. The van der Waals surface area contributed by atoms with Gasteiger partial charge in [0.2, 0.25) is 0 Å². The minimum Gasteiger partial charge on any atom is -0.376 e. The van der Waals surface area contributed by atoms with Crippen LogP contribution in [0.2, 0.25) is 0 Å². The summed E-state index contributed by atoms with van der Waals surface area (Å²) in [5, 5.41) is 21.3. The van der Waals surface area contributed by atoms with Crippen LogP contribution in [0.5, 0.6) is 0 Å². The molecule has 0 aliphatic heterocycles. The monoisotopic (exact) mass is 129 g/mol. The van der Waals surface area contributed by atoms with Crippen molar-refractivity contribution in [3.05, 3.63) is 0 Å². The zero-order valence-electron chi connectivity index (χ0n) is 5.22. The Kier molecular flexibility index (Phi) is 0.822. The maximum absolute atomic E-state index is 9.23. The van der Waals surface area contributed by atoms with E-state index in [0.717, 1.165) is 25.7 Å². The van der Waals surface area contributed by atoms with Crippen molar-refractivity contribution in [1.82, 2.24) is 5.32 Å². The van der Waals surface area contributed by atoms with Gasteiger partial charge >= 0.3 is 0 Å². The van der Waals surface area contributed by atoms with Gasteiger partial charge in [0.25, 0.3) is 0 Å². The third-order valence-corrected chi connectivity index (χ3v) is 1.91. The minimum absolute atomic E-state index is 0.703. The van der Waals surface area contributed by atoms with Crippen LogP contribution in [-0.4, -0.2) is 21.7 Å². The molecule has 0 radical (unpaired) electrons. The molecule has 9 heavy (non-hydrogen) atoms. The van der Waals surface area contributed by atoms with E-state index in [1.54, 1.807) is 0 Å². The fourth-order valence-corrected chi connectivity index (χ4v) is 0.920. The molecule has 2 rings (SSSR count). The molecule has 2 aliphatic rings. The fourth-order valence-electron chi connectivity index (χ4n) is 0.920. The van der Waals surface area contributed by atoms with Crippen molar-refractivity contribution < 1.29 is 10.2 Å². The maximum atomic E-state index is 9.23. The highest BCUT2D eigenvalue weighted by Crippen LogP contribution is 2.41. The first-order chi connectivity index (χ1) is 4.12. The molecular formula is C6H11NO2. The van der Waals surface area contributed by atoms with Crippen molar-refractivity contribution in [2.75, 3.05) is 0 Å². The quantitative estimate of drug-likeness (QED) is 0.442. The Morgan fingerprint density at radius 3 is 1.44 bits per heavy atom. The molecule has 0 aromatic rings. The summed E-state index contributed by atoms with van der Waals surface area (Å²) < 4.78 is 0. The SMILES string of the molecule is OC1(NC2(O)CC2)CC1. The standard InChI is InChI=1S/C6H11NO2/c8-5(1-2-5)7-6(9)3-4-6/h7-9H,1-4H2. The summed E-state index contributed by atoms with van der Waals surface area (Å²) in [7, 11) is 0. The zero-order valence-corrected chi connectivity index (χ0v) is 5.22. The Hall–Kier alpha value is -0.120. The molecule has 3 heteroatoms. The molecule has 0 aromatic carbocycles. The summed E-state index contributed by atoms with van der Waals surface area (Å²) in [4.78, 5) is 0. The third kappa shape index (κ3) is 1.08. The summed E-state index contributed by atoms with van der Waals surface area (Å²) in [5.74, 6) is 0. The predicted molar refractivity (Wildman–Crippen MR) is 31.5 cm³/mol. The largest absolute Gasteiger partial charge is 0.376 e. The van der Waals surface area contributed by atoms with Crippen molar-refractivity contribution in [3.8, 4) is 0 Å². The summed E-state index contributed by atoms with van der Waals surface area (Å²) >= 11 is 0. The number of hydrogen-bond acceptors (Lipinski definition) is 3. The van der Waals surface area contributed by atoms with Gasteiger partial charge in [0.15, 0.2) is 0 Å². The highest BCUT2D eigenvalue weighted by Gasteiger charge is 2.51.